The Morgan fingerprint density at radius 3 is 2.40 bits per heavy atom. The van der Waals surface area contributed by atoms with Gasteiger partial charge in [-0.25, -0.2) is 23.1 Å². The lowest BCUT2D eigenvalue weighted by atomic mass is 9.95. The van der Waals surface area contributed by atoms with Crippen LogP contribution < -0.4 is 19.9 Å². The first-order valence-corrected chi connectivity index (χ1v) is 13.7. The average Bonchev–Trinajstić information content (AvgIpc) is 2.89. The molecule has 214 valence electrons. The molecule has 0 spiro atoms. The molecular weight excluding hydrogens is 517 g/mol. The maximum Gasteiger partial charge on any atom is 0.227 e. The second-order valence-electron chi connectivity index (χ2n) is 12.0. The van der Waals surface area contributed by atoms with Gasteiger partial charge in [0.25, 0.3) is 0 Å². The fraction of sp³-hybridized carbons (Fsp3) is 0.467. The highest BCUT2D eigenvalue weighted by molar-refractivity contribution is 5.73. The molecule has 1 aromatic heterocycles. The number of nitrogens with zero attached hydrogens (tertiary/aromatic N) is 5. The van der Waals surface area contributed by atoms with Crippen molar-refractivity contribution in [3.63, 3.8) is 0 Å². The molecule has 3 aromatic rings. The lowest BCUT2D eigenvalue weighted by Crippen LogP contribution is -2.42. The topological polar surface area (TPSA) is 56.8 Å². The number of ether oxygens (including phenoxy) is 1. The fourth-order valence-electron chi connectivity index (χ4n) is 5.43. The van der Waals surface area contributed by atoms with E-state index in [0.29, 0.717) is 42.8 Å². The largest absolute Gasteiger partial charge is 0.486 e. The van der Waals surface area contributed by atoms with Gasteiger partial charge in [0.05, 0.1) is 24.1 Å². The monoisotopic (exact) mass is 554 g/mol. The van der Waals surface area contributed by atoms with Crippen molar-refractivity contribution in [2.24, 2.45) is 5.41 Å². The number of rotatable bonds is 6. The molecule has 2 aromatic carbocycles. The Morgan fingerprint density at radius 1 is 0.975 bits per heavy atom. The third kappa shape index (κ3) is 6.11. The first kappa shape index (κ1) is 28.0. The summed E-state index contributed by atoms with van der Waals surface area (Å²) < 4.78 is 50.8. The molecule has 0 bridgehead atoms. The Bertz CT molecular complexity index is 1370. The van der Waals surface area contributed by atoms with E-state index in [1.165, 1.54) is 12.1 Å². The minimum atomic E-state index is -0.688. The van der Waals surface area contributed by atoms with Gasteiger partial charge in [0.1, 0.15) is 18.1 Å². The van der Waals surface area contributed by atoms with E-state index >= 15 is 8.78 Å². The maximum absolute atomic E-state index is 15.1. The number of aromatic nitrogens is 2. The molecule has 0 amide bonds. The summed E-state index contributed by atoms with van der Waals surface area (Å²) in [6.07, 6.45) is 2.98. The highest BCUT2D eigenvalue weighted by atomic mass is 19.1. The molecule has 3 heterocycles. The number of hydrogen-bond acceptors (Lipinski definition) is 7. The number of hydrogen-bond donors (Lipinski definition) is 1. The average molecular weight is 555 g/mol. The molecule has 0 aliphatic carbocycles. The second-order valence-corrected chi connectivity index (χ2v) is 12.0. The molecule has 0 atom stereocenters. The molecular formula is C30H37F3N6O. The van der Waals surface area contributed by atoms with Crippen LogP contribution in [0.1, 0.15) is 33.6 Å². The van der Waals surface area contributed by atoms with Gasteiger partial charge in [-0.05, 0) is 62.7 Å². The molecule has 1 N–H and O–H groups in total. The van der Waals surface area contributed by atoms with E-state index in [-0.39, 0.29) is 34.2 Å². The van der Waals surface area contributed by atoms with E-state index in [2.05, 4.69) is 64.9 Å². The summed E-state index contributed by atoms with van der Waals surface area (Å²) in [5.41, 5.74) is 1.73. The Balaban J connectivity index is 1.37. The standard InChI is InChI=1S/C30H37F3N6O/c1-30(2,3)18-39-12-13-40-28-23(32)14-19(15-26(28)39)27-24(33)17-34-29(36-27)35-20-6-7-25(22(31)16-20)38-10-8-21(9-11-38)37(4)5/h6-7,14-17,21H,8-13,18H2,1-5H3,(H,34,35,36). The van der Waals surface area contributed by atoms with E-state index in [0.717, 1.165) is 32.1 Å². The van der Waals surface area contributed by atoms with Crippen molar-refractivity contribution < 1.29 is 17.9 Å². The van der Waals surface area contributed by atoms with Crippen molar-refractivity contribution >= 4 is 23.0 Å². The molecule has 0 radical (unpaired) electrons. The van der Waals surface area contributed by atoms with Crippen molar-refractivity contribution in [2.75, 3.05) is 62.0 Å². The van der Waals surface area contributed by atoms with Crippen molar-refractivity contribution in [1.29, 1.82) is 0 Å². The highest BCUT2D eigenvalue weighted by Gasteiger charge is 2.27. The Hall–Kier alpha value is -3.53. The lowest BCUT2D eigenvalue weighted by molar-refractivity contribution is 0.249. The number of fused-ring (bicyclic) bond motifs is 1. The van der Waals surface area contributed by atoms with E-state index in [4.69, 9.17) is 4.74 Å². The van der Waals surface area contributed by atoms with E-state index in [9.17, 15) is 4.39 Å². The van der Waals surface area contributed by atoms with Gasteiger partial charge >= 0.3 is 0 Å². The van der Waals surface area contributed by atoms with Crippen molar-refractivity contribution in [1.82, 2.24) is 14.9 Å². The van der Waals surface area contributed by atoms with E-state index in [1.807, 2.05) is 0 Å². The second kappa shape index (κ2) is 11.2. The molecule has 0 saturated carbocycles. The van der Waals surface area contributed by atoms with Gasteiger partial charge in [-0.3, -0.25) is 0 Å². The van der Waals surface area contributed by atoms with Gasteiger partial charge in [-0.2, -0.15) is 0 Å². The summed E-state index contributed by atoms with van der Waals surface area (Å²) in [6, 6.07) is 8.31. The molecule has 1 saturated heterocycles. The zero-order chi connectivity index (χ0) is 28.6. The number of anilines is 4. The van der Waals surface area contributed by atoms with Gasteiger partial charge in [0, 0.05) is 36.9 Å². The smallest absolute Gasteiger partial charge is 0.227 e. The molecule has 10 heteroatoms. The molecule has 0 unspecified atom stereocenters. The van der Waals surface area contributed by atoms with E-state index < -0.39 is 11.6 Å². The van der Waals surface area contributed by atoms with Crippen LogP contribution in [0.25, 0.3) is 11.3 Å². The predicted molar refractivity (Wildman–Crippen MR) is 153 cm³/mol. The fourth-order valence-corrected chi connectivity index (χ4v) is 5.43. The number of nitrogens with one attached hydrogen (secondary N) is 1. The van der Waals surface area contributed by atoms with Crippen LogP contribution in [-0.2, 0) is 0 Å². The van der Waals surface area contributed by atoms with Crippen LogP contribution >= 0.6 is 0 Å². The van der Waals surface area contributed by atoms with Crippen LogP contribution in [0.15, 0.2) is 36.5 Å². The van der Waals surface area contributed by atoms with Gasteiger partial charge in [-0.1, -0.05) is 20.8 Å². The van der Waals surface area contributed by atoms with Gasteiger partial charge in [0.15, 0.2) is 17.4 Å². The summed E-state index contributed by atoms with van der Waals surface area (Å²) in [5.74, 6) is -1.38. The minimum Gasteiger partial charge on any atom is -0.486 e. The minimum absolute atomic E-state index is 0.0359. The summed E-state index contributed by atoms with van der Waals surface area (Å²) in [7, 11) is 4.14. The van der Waals surface area contributed by atoms with Crippen LogP contribution in [0.3, 0.4) is 0 Å². The summed E-state index contributed by atoms with van der Waals surface area (Å²) >= 11 is 0. The molecule has 5 rings (SSSR count). The van der Waals surface area contributed by atoms with Crippen LogP contribution in [0, 0.1) is 22.9 Å². The number of halogens is 3. The molecule has 2 aliphatic heterocycles. The zero-order valence-corrected chi connectivity index (χ0v) is 23.8. The van der Waals surface area contributed by atoms with Crippen LogP contribution in [0.2, 0.25) is 0 Å². The lowest BCUT2D eigenvalue weighted by Gasteiger charge is -2.36. The number of benzene rings is 2. The van der Waals surface area contributed by atoms with Crippen LogP contribution in [0.4, 0.5) is 36.2 Å². The molecule has 7 nitrogen and oxygen atoms in total. The summed E-state index contributed by atoms with van der Waals surface area (Å²) in [5, 5.41) is 2.97. The Kier molecular flexibility index (Phi) is 7.81. The van der Waals surface area contributed by atoms with Gasteiger partial charge in [-0.15, -0.1) is 0 Å². The maximum atomic E-state index is 15.1. The summed E-state index contributed by atoms with van der Waals surface area (Å²) in [4.78, 5) is 14.7. The summed E-state index contributed by atoms with van der Waals surface area (Å²) in [6.45, 7) is 9.53. The normalized spacial score (nSPS) is 16.2. The zero-order valence-electron chi connectivity index (χ0n) is 23.8. The third-order valence-corrected chi connectivity index (χ3v) is 7.39. The predicted octanol–water partition coefficient (Wildman–Crippen LogP) is 6.08. The van der Waals surface area contributed by atoms with Crippen LogP contribution in [-0.4, -0.2) is 67.8 Å². The van der Waals surface area contributed by atoms with E-state index in [1.54, 1.807) is 18.2 Å². The Morgan fingerprint density at radius 2 is 1.73 bits per heavy atom. The highest BCUT2D eigenvalue weighted by Crippen LogP contribution is 2.40. The van der Waals surface area contributed by atoms with Crippen molar-refractivity contribution in [3.05, 3.63) is 54.0 Å². The van der Waals surface area contributed by atoms with Crippen molar-refractivity contribution in [3.8, 4) is 17.0 Å². The van der Waals surface area contributed by atoms with Crippen LogP contribution in [0.5, 0.6) is 5.75 Å². The molecule has 1 fully saturated rings. The molecule has 40 heavy (non-hydrogen) atoms. The van der Waals surface area contributed by atoms with Crippen molar-refractivity contribution in [2.45, 2.75) is 39.7 Å². The third-order valence-electron chi connectivity index (χ3n) is 7.39. The first-order chi connectivity index (χ1) is 19.0. The van der Waals surface area contributed by atoms with Gasteiger partial charge < -0.3 is 24.8 Å². The number of piperidine rings is 1. The van der Waals surface area contributed by atoms with Gasteiger partial charge in [0.2, 0.25) is 5.95 Å². The quantitative estimate of drug-likeness (QED) is 0.396. The first-order valence-electron chi connectivity index (χ1n) is 13.7. The molecule has 2 aliphatic rings. The SMILES string of the molecule is CN(C)C1CCN(c2ccc(Nc3ncc(F)c(-c4cc(F)c5c(c4)N(CC(C)(C)C)CCO5)n3)cc2F)CC1. The Labute approximate surface area is 234 Å².